The monoisotopic (exact) mass is 517 g/mol. The van der Waals surface area contributed by atoms with Gasteiger partial charge in [0.1, 0.15) is 13.2 Å². The Morgan fingerprint density at radius 1 is 0.703 bits per heavy atom. The largest absolute Gasteiger partial charge is 0.464 e. The van der Waals surface area contributed by atoms with E-state index in [9.17, 15) is 9.59 Å². The van der Waals surface area contributed by atoms with Crippen LogP contribution in [0.5, 0.6) is 0 Å². The van der Waals surface area contributed by atoms with Crippen molar-refractivity contribution in [2.45, 2.75) is 109 Å². The molecule has 0 atom stereocenters. The van der Waals surface area contributed by atoms with Gasteiger partial charge in [-0.2, -0.15) is 0 Å². The lowest BCUT2D eigenvalue weighted by Crippen LogP contribution is -2.48. The Balaban J connectivity index is 1.06. The van der Waals surface area contributed by atoms with Crippen LogP contribution in [0.4, 0.5) is 0 Å². The lowest BCUT2D eigenvalue weighted by atomic mass is 9.49. The lowest BCUT2D eigenvalue weighted by Gasteiger charge is -2.57. The number of nitrogens with zero attached hydrogens (tertiary/aromatic N) is 1. The number of ether oxygens (including phenoxy) is 3. The maximum atomic E-state index is 12.9. The second-order valence-corrected chi connectivity index (χ2v) is 13.4. The normalized spacial score (nSPS) is 35.6. The van der Waals surface area contributed by atoms with Crippen molar-refractivity contribution in [3.63, 3.8) is 0 Å². The quantitative estimate of drug-likeness (QED) is 0.242. The Bertz CT molecular complexity index is 719. The van der Waals surface area contributed by atoms with Crippen LogP contribution in [0, 0.1) is 35.0 Å². The molecular weight excluding hydrogens is 466 g/mol. The number of hydrogen-bond donors (Lipinski definition) is 0. The highest BCUT2D eigenvalue weighted by Gasteiger charge is 2.50. The first-order valence-corrected chi connectivity index (χ1v) is 15.6. The topological polar surface area (TPSA) is 65.1 Å². The summed E-state index contributed by atoms with van der Waals surface area (Å²) < 4.78 is 16.1. The third-order valence-electron chi connectivity index (χ3n) is 10.7. The van der Waals surface area contributed by atoms with Crippen molar-refractivity contribution in [1.82, 2.24) is 4.90 Å². The van der Waals surface area contributed by atoms with Gasteiger partial charge in [-0.1, -0.05) is 19.3 Å². The van der Waals surface area contributed by atoms with Gasteiger partial charge < -0.3 is 14.2 Å². The van der Waals surface area contributed by atoms with Gasteiger partial charge in [-0.05, 0) is 113 Å². The van der Waals surface area contributed by atoms with E-state index in [0.29, 0.717) is 44.1 Å². The number of rotatable bonds is 12. The van der Waals surface area contributed by atoms with Gasteiger partial charge in [-0.25, -0.2) is 0 Å². The van der Waals surface area contributed by atoms with Crippen molar-refractivity contribution in [3.8, 4) is 0 Å². The van der Waals surface area contributed by atoms with Crippen molar-refractivity contribution < 1.29 is 23.8 Å². The molecule has 6 saturated carbocycles. The summed E-state index contributed by atoms with van der Waals surface area (Å²) in [5.74, 6) is 2.67. The van der Waals surface area contributed by atoms with Gasteiger partial charge in [0.15, 0.2) is 0 Å². The molecule has 6 rings (SSSR count). The number of methoxy groups -OCH3 is 1. The van der Waals surface area contributed by atoms with Crippen molar-refractivity contribution >= 4 is 11.9 Å². The molecule has 0 aromatic heterocycles. The highest BCUT2D eigenvalue weighted by Crippen LogP contribution is 2.61. The van der Waals surface area contributed by atoms with Crippen LogP contribution in [-0.4, -0.2) is 62.9 Å². The van der Waals surface area contributed by atoms with Crippen LogP contribution in [0.25, 0.3) is 0 Å². The van der Waals surface area contributed by atoms with E-state index < -0.39 is 0 Å². The molecule has 4 bridgehead atoms. The van der Waals surface area contributed by atoms with Gasteiger partial charge in [-0.15, -0.1) is 0 Å². The summed E-state index contributed by atoms with van der Waals surface area (Å²) in [7, 11) is 1.60. The molecule has 6 aliphatic carbocycles. The zero-order chi connectivity index (χ0) is 25.7. The number of carbonyl (C=O) groups is 2. The summed E-state index contributed by atoms with van der Waals surface area (Å²) in [5, 5.41) is 0. The van der Waals surface area contributed by atoms with Gasteiger partial charge in [0.25, 0.3) is 0 Å². The van der Waals surface area contributed by atoms with Crippen LogP contribution >= 0.6 is 0 Å². The highest BCUT2D eigenvalue weighted by atomic mass is 16.6. The lowest BCUT2D eigenvalue weighted by molar-refractivity contribution is -0.156. The fourth-order valence-corrected chi connectivity index (χ4v) is 9.19. The van der Waals surface area contributed by atoms with Crippen LogP contribution < -0.4 is 0 Å². The molecule has 0 unspecified atom stereocenters. The Labute approximate surface area is 224 Å². The molecular formula is C31H51NO5. The highest BCUT2D eigenvalue weighted by molar-refractivity contribution is 5.75. The molecule has 210 valence electrons. The Morgan fingerprint density at radius 3 is 1.78 bits per heavy atom. The first-order valence-electron chi connectivity index (χ1n) is 15.6. The summed E-state index contributed by atoms with van der Waals surface area (Å²) >= 11 is 0. The average molecular weight is 518 g/mol. The van der Waals surface area contributed by atoms with Gasteiger partial charge in [0.05, 0.1) is 18.4 Å². The maximum absolute atomic E-state index is 12.9. The zero-order valence-corrected chi connectivity index (χ0v) is 23.3. The molecule has 6 aliphatic rings. The van der Waals surface area contributed by atoms with Crippen LogP contribution in [0.2, 0.25) is 0 Å². The summed E-state index contributed by atoms with van der Waals surface area (Å²) in [4.78, 5) is 27.8. The predicted octanol–water partition coefficient (Wildman–Crippen LogP) is 5.77. The van der Waals surface area contributed by atoms with E-state index in [1.165, 1.54) is 83.6 Å². The zero-order valence-electron chi connectivity index (χ0n) is 23.3. The fraction of sp³-hybridized carbons (Fsp3) is 0.935. The van der Waals surface area contributed by atoms with E-state index in [2.05, 4.69) is 4.90 Å². The minimum Gasteiger partial charge on any atom is -0.464 e. The van der Waals surface area contributed by atoms with E-state index >= 15 is 0 Å². The molecule has 0 heterocycles. The van der Waals surface area contributed by atoms with Crippen LogP contribution in [0.3, 0.4) is 0 Å². The number of carbonyl (C=O) groups excluding carboxylic acids is 2. The molecule has 0 amide bonds. The molecule has 6 heteroatoms. The smallest absolute Gasteiger partial charge is 0.309 e. The number of esters is 2. The van der Waals surface area contributed by atoms with E-state index in [-0.39, 0.29) is 23.8 Å². The maximum Gasteiger partial charge on any atom is 0.309 e. The third kappa shape index (κ3) is 7.09. The van der Waals surface area contributed by atoms with Crippen LogP contribution in [-0.2, 0) is 23.8 Å². The first kappa shape index (κ1) is 27.4. The molecule has 0 N–H and O–H groups in total. The Kier molecular flexibility index (Phi) is 9.49. The van der Waals surface area contributed by atoms with Crippen molar-refractivity contribution in [2.24, 2.45) is 35.0 Å². The van der Waals surface area contributed by atoms with E-state index in [0.717, 1.165) is 37.1 Å². The molecule has 0 aromatic rings. The minimum atomic E-state index is -0.147. The molecule has 6 nitrogen and oxygen atoms in total. The van der Waals surface area contributed by atoms with Crippen LogP contribution in [0.15, 0.2) is 0 Å². The SMILES string of the molecule is COCCOC(=O)C1CCC(C(=O)OCCN(CCC23CC4CC(CC(C4)C2)C3)C2CCCCC2)CC1. The molecule has 0 spiro atoms. The standard InChI is InChI=1S/C31H51NO5/c1-35-15-16-37-30(34)27-9-7-26(8-10-27)29(33)36-14-13-32(28-5-3-2-4-6-28)12-11-31-20-23-17-24(21-31)19-25(18-23)22-31/h23-28H,2-22H2,1H3. The van der Waals surface area contributed by atoms with Crippen molar-refractivity contribution in [2.75, 3.05) is 40.0 Å². The van der Waals surface area contributed by atoms with Gasteiger partial charge >= 0.3 is 11.9 Å². The minimum absolute atomic E-state index is 0.0594. The number of hydrogen-bond acceptors (Lipinski definition) is 6. The van der Waals surface area contributed by atoms with E-state index in [4.69, 9.17) is 14.2 Å². The summed E-state index contributed by atoms with van der Waals surface area (Å²) in [6.07, 6.45) is 19.9. The summed E-state index contributed by atoms with van der Waals surface area (Å²) in [6, 6.07) is 0.668. The molecule has 37 heavy (non-hydrogen) atoms. The fourth-order valence-electron chi connectivity index (χ4n) is 9.19. The van der Waals surface area contributed by atoms with Gasteiger partial charge in [0.2, 0.25) is 0 Å². The van der Waals surface area contributed by atoms with Crippen molar-refractivity contribution in [3.05, 3.63) is 0 Å². The van der Waals surface area contributed by atoms with Gasteiger partial charge in [0, 0.05) is 19.7 Å². The summed E-state index contributed by atoms with van der Waals surface area (Å²) in [6.45, 7) is 3.30. The van der Waals surface area contributed by atoms with E-state index in [1.807, 2.05) is 0 Å². The van der Waals surface area contributed by atoms with Gasteiger partial charge in [-0.3, -0.25) is 14.5 Å². The first-order chi connectivity index (χ1) is 18.0. The Morgan fingerprint density at radius 2 is 1.24 bits per heavy atom. The second-order valence-electron chi connectivity index (χ2n) is 13.4. The van der Waals surface area contributed by atoms with Crippen LogP contribution in [0.1, 0.15) is 103 Å². The Hall–Kier alpha value is -1.14. The average Bonchev–Trinajstić information content (AvgIpc) is 2.90. The predicted molar refractivity (Wildman–Crippen MR) is 143 cm³/mol. The molecule has 0 aromatic carbocycles. The molecule has 0 radical (unpaired) electrons. The molecule has 6 fully saturated rings. The van der Waals surface area contributed by atoms with E-state index in [1.54, 1.807) is 7.11 Å². The molecule has 0 aliphatic heterocycles. The van der Waals surface area contributed by atoms with Crippen molar-refractivity contribution in [1.29, 1.82) is 0 Å². The summed E-state index contributed by atoms with van der Waals surface area (Å²) in [5.41, 5.74) is 0.613. The second kappa shape index (κ2) is 12.8. The molecule has 0 saturated heterocycles. The third-order valence-corrected chi connectivity index (χ3v) is 10.7.